The van der Waals surface area contributed by atoms with Crippen LogP contribution in [0.4, 0.5) is 0 Å². The summed E-state index contributed by atoms with van der Waals surface area (Å²) in [7, 11) is 1.63. The van der Waals surface area contributed by atoms with E-state index >= 15 is 0 Å². The van der Waals surface area contributed by atoms with Crippen molar-refractivity contribution in [1.82, 2.24) is 15.6 Å². The SMILES string of the molecule is COCCCNC(=O)C1CC1C(=O)NCc1ccncc1. The lowest BCUT2D eigenvalue weighted by atomic mass is 10.2. The molecule has 0 saturated heterocycles. The number of aromatic nitrogens is 1. The first-order chi connectivity index (χ1) is 10.2. The molecule has 21 heavy (non-hydrogen) atoms. The van der Waals surface area contributed by atoms with E-state index in [4.69, 9.17) is 4.74 Å². The van der Waals surface area contributed by atoms with Crippen molar-refractivity contribution in [3.63, 3.8) is 0 Å². The first-order valence-electron chi connectivity index (χ1n) is 7.15. The highest BCUT2D eigenvalue weighted by molar-refractivity contribution is 5.92. The Morgan fingerprint density at radius 2 is 1.90 bits per heavy atom. The van der Waals surface area contributed by atoms with E-state index in [-0.39, 0.29) is 23.7 Å². The van der Waals surface area contributed by atoms with Crippen molar-refractivity contribution < 1.29 is 14.3 Å². The van der Waals surface area contributed by atoms with Crippen LogP contribution in [-0.4, -0.2) is 37.1 Å². The molecule has 2 rings (SSSR count). The van der Waals surface area contributed by atoms with Gasteiger partial charge in [-0.05, 0) is 30.5 Å². The molecule has 2 N–H and O–H groups in total. The second-order valence-corrected chi connectivity index (χ2v) is 5.16. The van der Waals surface area contributed by atoms with Crippen LogP contribution in [0.1, 0.15) is 18.4 Å². The van der Waals surface area contributed by atoms with E-state index in [9.17, 15) is 9.59 Å². The van der Waals surface area contributed by atoms with E-state index in [0.29, 0.717) is 26.1 Å². The first-order valence-corrected chi connectivity index (χ1v) is 7.15. The van der Waals surface area contributed by atoms with Crippen molar-refractivity contribution in [3.05, 3.63) is 30.1 Å². The average Bonchev–Trinajstić information content (AvgIpc) is 3.31. The summed E-state index contributed by atoms with van der Waals surface area (Å²) < 4.78 is 4.91. The second kappa shape index (κ2) is 7.73. The number of nitrogens with zero attached hydrogens (tertiary/aromatic N) is 1. The number of nitrogens with one attached hydrogen (secondary N) is 2. The van der Waals surface area contributed by atoms with Crippen LogP contribution in [0.25, 0.3) is 0 Å². The monoisotopic (exact) mass is 291 g/mol. The maximum atomic E-state index is 11.9. The molecular weight excluding hydrogens is 270 g/mol. The van der Waals surface area contributed by atoms with Gasteiger partial charge >= 0.3 is 0 Å². The van der Waals surface area contributed by atoms with Crippen molar-refractivity contribution in [2.45, 2.75) is 19.4 Å². The number of methoxy groups -OCH3 is 1. The molecular formula is C15H21N3O3. The van der Waals surface area contributed by atoms with Gasteiger partial charge in [0.25, 0.3) is 0 Å². The third-order valence-electron chi connectivity index (χ3n) is 3.50. The summed E-state index contributed by atoms with van der Waals surface area (Å²) in [6.07, 6.45) is 4.80. The Hall–Kier alpha value is -1.95. The number of rotatable bonds is 8. The van der Waals surface area contributed by atoms with Gasteiger partial charge in [-0.3, -0.25) is 14.6 Å². The van der Waals surface area contributed by atoms with Gasteiger partial charge in [-0.15, -0.1) is 0 Å². The first kappa shape index (κ1) is 15.4. The molecule has 1 aromatic rings. The van der Waals surface area contributed by atoms with E-state index in [1.807, 2.05) is 12.1 Å². The van der Waals surface area contributed by atoms with Gasteiger partial charge in [0.15, 0.2) is 0 Å². The molecule has 1 aliphatic rings. The van der Waals surface area contributed by atoms with E-state index in [1.54, 1.807) is 19.5 Å². The van der Waals surface area contributed by atoms with Crippen LogP contribution in [0, 0.1) is 11.8 Å². The smallest absolute Gasteiger partial charge is 0.224 e. The van der Waals surface area contributed by atoms with Crippen LogP contribution >= 0.6 is 0 Å². The van der Waals surface area contributed by atoms with Crippen LogP contribution < -0.4 is 10.6 Å². The van der Waals surface area contributed by atoms with Crippen molar-refractivity contribution >= 4 is 11.8 Å². The minimum Gasteiger partial charge on any atom is -0.385 e. The zero-order chi connectivity index (χ0) is 15.1. The van der Waals surface area contributed by atoms with Gasteiger partial charge in [-0.25, -0.2) is 0 Å². The van der Waals surface area contributed by atoms with Crippen molar-refractivity contribution in [1.29, 1.82) is 0 Å². The molecule has 0 spiro atoms. The molecule has 6 nitrogen and oxygen atoms in total. The Kier molecular flexibility index (Phi) is 5.68. The van der Waals surface area contributed by atoms with Crippen LogP contribution in [0.15, 0.2) is 24.5 Å². The van der Waals surface area contributed by atoms with Crippen molar-refractivity contribution in [2.24, 2.45) is 11.8 Å². The number of carbonyl (C=O) groups excluding carboxylic acids is 2. The molecule has 0 aromatic carbocycles. The number of hydrogen-bond donors (Lipinski definition) is 2. The Bertz CT molecular complexity index is 478. The summed E-state index contributed by atoms with van der Waals surface area (Å²) in [6, 6.07) is 3.71. The second-order valence-electron chi connectivity index (χ2n) is 5.16. The zero-order valence-corrected chi connectivity index (χ0v) is 12.2. The standard InChI is InChI=1S/C15H21N3O3/c1-21-8-2-5-17-14(19)12-9-13(12)15(20)18-10-11-3-6-16-7-4-11/h3-4,6-7,12-13H,2,5,8-10H2,1H3,(H,17,19)(H,18,20). The van der Waals surface area contributed by atoms with Crippen molar-refractivity contribution in [2.75, 3.05) is 20.3 Å². The lowest BCUT2D eigenvalue weighted by Gasteiger charge is -2.06. The molecule has 1 heterocycles. The van der Waals surface area contributed by atoms with Crippen LogP contribution in [-0.2, 0) is 20.9 Å². The lowest BCUT2D eigenvalue weighted by molar-refractivity contribution is -0.127. The largest absolute Gasteiger partial charge is 0.385 e. The molecule has 2 amide bonds. The van der Waals surface area contributed by atoms with Gasteiger partial charge in [0.2, 0.25) is 11.8 Å². The quantitative estimate of drug-likeness (QED) is 0.683. The topological polar surface area (TPSA) is 80.3 Å². The molecule has 1 fully saturated rings. The molecule has 1 saturated carbocycles. The predicted molar refractivity (Wildman–Crippen MR) is 77.2 cm³/mol. The fraction of sp³-hybridized carbons (Fsp3) is 0.533. The van der Waals surface area contributed by atoms with E-state index in [0.717, 1.165) is 12.0 Å². The Balaban J connectivity index is 1.65. The third-order valence-corrected chi connectivity index (χ3v) is 3.50. The summed E-state index contributed by atoms with van der Waals surface area (Å²) in [4.78, 5) is 27.7. The van der Waals surface area contributed by atoms with Gasteiger partial charge in [-0.2, -0.15) is 0 Å². The van der Waals surface area contributed by atoms with Crippen LogP contribution in [0.5, 0.6) is 0 Å². The van der Waals surface area contributed by atoms with Gasteiger partial charge in [0.05, 0.1) is 11.8 Å². The molecule has 2 unspecified atom stereocenters. The minimum atomic E-state index is -0.186. The third kappa shape index (κ3) is 4.82. The summed E-state index contributed by atoms with van der Waals surface area (Å²) in [6.45, 7) is 1.69. The summed E-state index contributed by atoms with van der Waals surface area (Å²) in [5.74, 6) is -0.446. The Morgan fingerprint density at radius 3 is 2.57 bits per heavy atom. The van der Waals surface area contributed by atoms with E-state index in [2.05, 4.69) is 15.6 Å². The number of amides is 2. The Morgan fingerprint density at radius 1 is 1.24 bits per heavy atom. The number of pyridine rings is 1. The number of carbonyl (C=O) groups is 2. The number of ether oxygens (including phenoxy) is 1. The van der Waals surface area contributed by atoms with E-state index < -0.39 is 0 Å². The van der Waals surface area contributed by atoms with Gasteiger partial charge in [-0.1, -0.05) is 0 Å². The summed E-state index contributed by atoms with van der Waals surface area (Å²) in [5.41, 5.74) is 1.000. The fourth-order valence-corrected chi connectivity index (χ4v) is 2.15. The average molecular weight is 291 g/mol. The lowest BCUT2D eigenvalue weighted by Crippen LogP contribution is -2.30. The molecule has 2 atom stereocenters. The molecule has 1 aliphatic carbocycles. The highest BCUT2D eigenvalue weighted by atomic mass is 16.5. The number of hydrogen-bond acceptors (Lipinski definition) is 4. The van der Waals surface area contributed by atoms with Crippen LogP contribution in [0.3, 0.4) is 0 Å². The van der Waals surface area contributed by atoms with Gasteiger partial charge in [0, 0.05) is 39.2 Å². The molecule has 114 valence electrons. The summed E-state index contributed by atoms with van der Waals surface area (Å²) >= 11 is 0. The minimum absolute atomic E-state index is 0.0323. The molecule has 1 aromatic heterocycles. The summed E-state index contributed by atoms with van der Waals surface area (Å²) in [5, 5.41) is 5.69. The Labute approximate surface area is 124 Å². The van der Waals surface area contributed by atoms with Gasteiger partial charge in [0.1, 0.15) is 0 Å². The van der Waals surface area contributed by atoms with Crippen LogP contribution in [0.2, 0.25) is 0 Å². The normalized spacial score (nSPS) is 19.9. The maximum Gasteiger partial charge on any atom is 0.224 e. The zero-order valence-electron chi connectivity index (χ0n) is 12.2. The molecule has 0 bridgehead atoms. The maximum absolute atomic E-state index is 11.9. The van der Waals surface area contributed by atoms with E-state index in [1.165, 1.54) is 0 Å². The highest BCUT2D eigenvalue weighted by Gasteiger charge is 2.47. The van der Waals surface area contributed by atoms with Crippen molar-refractivity contribution in [3.8, 4) is 0 Å². The molecule has 0 radical (unpaired) electrons. The molecule has 6 heteroatoms. The predicted octanol–water partition coefficient (Wildman–Crippen LogP) is 0.487. The highest BCUT2D eigenvalue weighted by Crippen LogP contribution is 2.38. The van der Waals surface area contributed by atoms with Gasteiger partial charge < -0.3 is 15.4 Å². The fourth-order valence-electron chi connectivity index (χ4n) is 2.15. The molecule has 0 aliphatic heterocycles.